The Morgan fingerprint density at radius 2 is 2.00 bits per heavy atom. The standard InChI is InChI=1S/C16H24N2O5/c1-21-7-6-17-8-15(20)18-9-11-13(22-2)4-5-14(23-3)16(11)12(19)10-18/h4-5,12,17,19H,6-10H2,1-3H3. The van der Waals surface area contributed by atoms with Crippen molar-refractivity contribution >= 4 is 5.91 Å². The number of methoxy groups -OCH3 is 3. The molecule has 0 saturated carbocycles. The van der Waals surface area contributed by atoms with E-state index in [1.54, 1.807) is 38.4 Å². The van der Waals surface area contributed by atoms with Crippen LogP contribution in [0.1, 0.15) is 17.2 Å². The van der Waals surface area contributed by atoms with Gasteiger partial charge in [0.1, 0.15) is 17.6 Å². The van der Waals surface area contributed by atoms with E-state index in [1.165, 1.54) is 0 Å². The molecule has 1 aliphatic rings. The molecule has 1 amide bonds. The molecule has 0 radical (unpaired) electrons. The van der Waals surface area contributed by atoms with Gasteiger partial charge in [-0.25, -0.2) is 0 Å². The summed E-state index contributed by atoms with van der Waals surface area (Å²) in [6, 6.07) is 3.56. The third kappa shape index (κ3) is 3.93. The van der Waals surface area contributed by atoms with Crippen LogP contribution in [0.4, 0.5) is 0 Å². The molecule has 0 saturated heterocycles. The first kappa shape index (κ1) is 17.5. The van der Waals surface area contributed by atoms with Gasteiger partial charge >= 0.3 is 0 Å². The molecule has 0 bridgehead atoms. The van der Waals surface area contributed by atoms with Crippen LogP contribution in [0, 0.1) is 0 Å². The minimum Gasteiger partial charge on any atom is -0.496 e. The zero-order valence-corrected chi connectivity index (χ0v) is 13.8. The van der Waals surface area contributed by atoms with Gasteiger partial charge in [0.15, 0.2) is 0 Å². The molecule has 0 spiro atoms. The molecule has 0 aromatic heterocycles. The molecule has 2 rings (SSSR count). The Balaban J connectivity index is 2.14. The van der Waals surface area contributed by atoms with Gasteiger partial charge in [0.05, 0.1) is 33.9 Å². The number of aliphatic hydroxyl groups is 1. The fraction of sp³-hybridized carbons (Fsp3) is 0.562. The van der Waals surface area contributed by atoms with Gasteiger partial charge in [-0.05, 0) is 12.1 Å². The number of β-amino-alcohol motifs (C(OH)–C–C–N with tert-alkyl or cyclic N) is 1. The van der Waals surface area contributed by atoms with E-state index in [4.69, 9.17) is 14.2 Å². The minimum atomic E-state index is -0.799. The monoisotopic (exact) mass is 324 g/mol. The van der Waals surface area contributed by atoms with Crippen molar-refractivity contribution in [1.29, 1.82) is 0 Å². The first-order valence-electron chi connectivity index (χ1n) is 7.51. The Labute approximate surface area is 136 Å². The van der Waals surface area contributed by atoms with Crippen molar-refractivity contribution in [3.63, 3.8) is 0 Å². The Morgan fingerprint density at radius 3 is 2.65 bits per heavy atom. The average molecular weight is 324 g/mol. The van der Waals surface area contributed by atoms with E-state index in [-0.39, 0.29) is 19.0 Å². The number of benzene rings is 1. The van der Waals surface area contributed by atoms with Crippen molar-refractivity contribution in [1.82, 2.24) is 10.2 Å². The van der Waals surface area contributed by atoms with E-state index in [2.05, 4.69) is 5.32 Å². The molecular weight excluding hydrogens is 300 g/mol. The zero-order valence-electron chi connectivity index (χ0n) is 13.8. The second kappa shape index (κ2) is 8.14. The summed E-state index contributed by atoms with van der Waals surface area (Å²) in [4.78, 5) is 13.9. The third-order valence-electron chi connectivity index (χ3n) is 3.90. The predicted octanol–water partition coefficient (Wildman–Crippen LogP) is 0.315. The van der Waals surface area contributed by atoms with Gasteiger partial charge in [-0.2, -0.15) is 0 Å². The second-order valence-corrected chi connectivity index (χ2v) is 5.32. The van der Waals surface area contributed by atoms with Crippen LogP contribution >= 0.6 is 0 Å². The van der Waals surface area contributed by atoms with Crippen molar-refractivity contribution in [3.05, 3.63) is 23.3 Å². The third-order valence-corrected chi connectivity index (χ3v) is 3.90. The van der Waals surface area contributed by atoms with E-state index in [0.717, 1.165) is 5.56 Å². The fourth-order valence-electron chi connectivity index (χ4n) is 2.75. The summed E-state index contributed by atoms with van der Waals surface area (Å²) in [5.41, 5.74) is 1.49. The highest BCUT2D eigenvalue weighted by atomic mass is 16.5. The normalized spacial score (nSPS) is 16.9. The number of carbonyl (C=O) groups excluding carboxylic acids is 1. The molecule has 2 N–H and O–H groups in total. The van der Waals surface area contributed by atoms with Crippen molar-refractivity contribution in [2.75, 3.05) is 47.6 Å². The predicted molar refractivity (Wildman–Crippen MR) is 84.7 cm³/mol. The first-order valence-corrected chi connectivity index (χ1v) is 7.51. The summed E-state index contributed by atoms with van der Waals surface area (Å²) in [7, 11) is 4.74. The molecular formula is C16H24N2O5. The number of rotatable bonds is 7. The van der Waals surface area contributed by atoms with Gasteiger partial charge < -0.3 is 29.5 Å². The molecule has 7 nitrogen and oxygen atoms in total. The molecule has 7 heteroatoms. The lowest BCUT2D eigenvalue weighted by Gasteiger charge is -2.34. The van der Waals surface area contributed by atoms with Gasteiger partial charge in [-0.15, -0.1) is 0 Å². The topological polar surface area (TPSA) is 80.3 Å². The van der Waals surface area contributed by atoms with E-state index in [9.17, 15) is 9.90 Å². The summed E-state index contributed by atoms with van der Waals surface area (Å²) < 4.78 is 15.6. The lowest BCUT2D eigenvalue weighted by atomic mass is 9.95. The maximum Gasteiger partial charge on any atom is 0.236 e. The van der Waals surface area contributed by atoms with Crippen LogP contribution in [-0.2, 0) is 16.1 Å². The zero-order chi connectivity index (χ0) is 16.8. The van der Waals surface area contributed by atoms with Crippen LogP contribution in [0.15, 0.2) is 12.1 Å². The van der Waals surface area contributed by atoms with Crippen LogP contribution in [0.25, 0.3) is 0 Å². The van der Waals surface area contributed by atoms with Crippen LogP contribution in [-0.4, -0.2) is 63.5 Å². The number of carbonyl (C=O) groups is 1. The maximum absolute atomic E-state index is 12.3. The van der Waals surface area contributed by atoms with Crippen LogP contribution in [0.5, 0.6) is 11.5 Å². The van der Waals surface area contributed by atoms with Crippen molar-refractivity contribution in [2.24, 2.45) is 0 Å². The van der Waals surface area contributed by atoms with Gasteiger partial charge in [0.25, 0.3) is 0 Å². The highest BCUT2D eigenvalue weighted by molar-refractivity contribution is 5.79. The van der Waals surface area contributed by atoms with E-state index in [0.29, 0.717) is 36.8 Å². The van der Waals surface area contributed by atoms with E-state index >= 15 is 0 Å². The number of nitrogens with zero attached hydrogens (tertiary/aromatic N) is 1. The molecule has 23 heavy (non-hydrogen) atoms. The first-order chi connectivity index (χ1) is 11.1. The molecule has 1 atom stereocenters. The Bertz CT molecular complexity index is 550. The lowest BCUT2D eigenvalue weighted by molar-refractivity contribution is -0.133. The van der Waals surface area contributed by atoms with Gasteiger partial charge in [0, 0.05) is 31.3 Å². The molecule has 1 unspecified atom stereocenters. The number of hydrogen-bond donors (Lipinski definition) is 2. The summed E-state index contributed by atoms with van der Waals surface area (Å²) in [5.74, 6) is 1.18. The largest absolute Gasteiger partial charge is 0.496 e. The molecule has 0 fully saturated rings. The van der Waals surface area contributed by atoms with E-state index < -0.39 is 6.10 Å². The minimum absolute atomic E-state index is 0.0734. The smallest absolute Gasteiger partial charge is 0.236 e. The van der Waals surface area contributed by atoms with Crippen molar-refractivity contribution in [3.8, 4) is 11.5 Å². The fourth-order valence-corrected chi connectivity index (χ4v) is 2.75. The second-order valence-electron chi connectivity index (χ2n) is 5.32. The van der Waals surface area contributed by atoms with Gasteiger partial charge in [-0.1, -0.05) is 0 Å². The summed E-state index contributed by atoms with van der Waals surface area (Å²) in [6.07, 6.45) is -0.799. The number of ether oxygens (including phenoxy) is 3. The summed E-state index contributed by atoms with van der Waals surface area (Å²) in [5, 5.41) is 13.5. The van der Waals surface area contributed by atoms with Gasteiger partial charge in [0.2, 0.25) is 5.91 Å². The number of hydrogen-bond acceptors (Lipinski definition) is 6. The Morgan fingerprint density at radius 1 is 1.30 bits per heavy atom. The summed E-state index contributed by atoms with van der Waals surface area (Å²) >= 11 is 0. The average Bonchev–Trinajstić information content (AvgIpc) is 2.57. The van der Waals surface area contributed by atoms with Crippen molar-refractivity contribution in [2.45, 2.75) is 12.6 Å². The number of fused-ring (bicyclic) bond motifs is 1. The SMILES string of the molecule is COCCNCC(=O)N1Cc2c(OC)ccc(OC)c2C(O)C1. The number of nitrogens with one attached hydrogen (secondary N) is 1. The van der Waals surface area contributed by atoms with Crippen molar-refractivity contribution < 1.29 is 24.1 Å². The molecule has 1 heterocycles. The van der Waals surface area contributed by atoms with Crippen LogP contribution < -0.4 is 14.8 Å². The highest BCUT2D eigenvalue weighted by Gasteiger charge is 2.31. The molecule has 128 valence electrons. The number of amides is 1. The van der Waals surface area contributed by atoms with Gasteiger partial charge in [-0.3, -0.25) is 4.79 Å². The molecule has 1 aromatic rings. The lowest BCUT2D eigenvalue weighted by Crippen LogP contribution is -2.43. The van der Waals surface area contributed by atoms with E-state index in [1.807, 2.05) is 0 Å². The van der Waals surface area contributed by atoms with Crippen LogP contribution in [0.3, 0.4) is 0 Å². The molecule has 1 aromatic carbocycles. The molecule has 1 aliphatic heterocycles. The Kier molecular flexibility index (Phi) is 6.20. The molecule has 0 aliphatic carbocycles. The maximum atomic E-state index is 12.3. The Hall–Kier alpha value is -1.83. The highest BCUT2D eigenvalue weighted by Crippen LogP contribution is 2.39. The quantitative estimate of drug-likeness (QED) is 0.703. The van der Waals surface area contributed by atoms with Crippen LogP contribution in [0.2, 0.25) is 0 Å². The summed E-state index contributed by atoms with van der Waals surface area (Å²) in [6.45, 7) is 1.98. The number of aliphatic hydroxyl groups excluding tert-OH is 1.